The van der Waals surface area contributed by atoms with Crippen LogP contribution in [0.3, 0.4) is 0 Å². The summed E-state index contributed by atoms with van der Waals surface area (Å²) in [6, 6.07) is 3.84. The Labute approximate surface area is 200 Å². The molecule has 1 atom stereocenters. The fourth-order valence-electron chi connectivity index (χ4n) is 4.80. The number of allylic oxidation sites excluding steroid dienone is 3. The maximum absolute atomic E-state index is 12.1. The first kappa shape index (κ1) is 25.5. The van der Waals surface area contributed by atoms with Crippen LogP contribution in [0.25, 0.3) is 0 Å². The highest BCUT2D eigenvalue weighted by Crippen LogP contribution is 2.55. The molecule has 8 nitrogen and oxygen atoms in total. The van der Waals surface area contributed by atoms with Crippen molar-refractivity contribution in [2.75, 3.05) is 42.0 Å². The van der Waals surface area contributed by atoms with Crippen LogP contribution in [0, 0.1) is 0 Å². The van der Waals surface area contributed by atoms with Crippen LogP contribution >= 0.6 is 0 Å². The second-order valence-electron chi connectivity index (χ2n) is 8.47. The quantitative estimate of drug-likeness (QED) is 0.235. The summed E-state index contributed by atoms with van der Waals surface area (Å²) in [5.74, 6) is -0.894. The van der Waals surface area contributed by atoms with Gasteiger partial charge in [-0.1, -0.05) is 18.2 Å². The van der Waals surface area contributed by atoms with Crippen LogP contribution in [0.15, 0.2) is 48.2 Å². The highest BCUT2D eigenvalue weighted by molar-refractivity contribution is 5.81. The van der Waals surface area contributed by atoms with Crippen molar-refractivity contribution in [1.82, 2.24) is 4.90 Å². The number of rotatable bonds is 9. The molecule has 0 amide bonds. The predicted octanol–water partition coefficient (Wildman–Crippen LogP) is 3.30. The highest BCUT2D eigenvalue weighted by Gasteiger charge is 2.50. The summed E-state index contributed by atoms with van der Waals surface area (Å²) in [5.41, 5.74) is 2.44. The van der Waals surface area contributed by atoms with Crippen LogP contribution in [0.5, 0.6) is 11.5 Å². The van der Waals surface area contributed by atoms with Gasteiger partial charge in [-0.25, -0.2) is 4.79 Å². The van der Waals surface area contributed by atoms with Gasteiger partial charge in [-0.15, -0.1) is 0 Å². The lowest BCUT2D eigenvalue weighted by atomic mass is 9.60. The predicted molar refractivity (Wildman–Crippen MR) is 127 cm³/mol. The zero-order valence-corrected chi connectivity index (χ0v) is 20.7. The third kappa shape index (κ3) is 4.88. The Morgan fingerprint density at radius 2 is 1.88 bits per heavy atom. The van der Waals surface area contributed by atoms with Gasteiger partial charge >= 0.3 is 11.9 Å². The molecule has 0 fully saturated rings. The molecular weight excluding hydrogens is 438 g/mol. The maximum atomic E-state index is 12.1. The van der Waals surface area contributed by atoms with E-state index in [2.05, 4.69) is 6.08 Å². The maximum Gasteiger partial charge on any atom is 0.331 e. The number of methoxy groups -OCH3 is 4. The van der Waals surface area contributed by atoms with Gasteiger partial charge < -0.3 is 28.6 Å². The molecular formula is C26H33NO7. The standard InChI is InChI=1S/C26H33NO7/c1-18(28)34-24-21(30-3)10-8-19-7-9-20-11-13-26(32-5,33-6)17-25(20,23(19)24)14-16-27(2)15-12-22(29)31-4/h8-13,15H,7,14,16-17H2,1-6H3/b15-12+. The minimum Gasteiger partial charge on any atom is -0.493 e. The number of esters is 2. The van der Waals surface area contributed by atoms with Gasteiger partial charge in [0.2, 0.25) is 0 Å². The van der Waals surface area contributed by atoms with E-state index in [1.54, 1.807) is 27.5 Å². The normalized spacial score (nSPS) is 20.2. The minimum absolute atomic E-state index is 0.419. The summed E-state index contributed by atoms with van der Waals surface area (Å²) >= 11 is 0. The van der Waals surface area contributed by atoms with Crippen LogP contribution in [0.4, 0.5) is 0 Å². The van der Waals surface area contributed by atoms with Crippen molar-refractivity contribution in [1.29, 1.82) is 0 Å². The van der Waals surface area contributed by atoms with Gasteiger partial charge in [0, 0.05) is 64.4 Å². The molecule has 34 heavy (non-hydrogen) atoms. The molecule has 0 aliphatic heterocycles. The van der Waals surface area contributed by atoms with E-state index >= 15 is 0 Å². The van der Waals surface area contributed by atoms with Gasteiger partial charge in [-0.2, -0.15) is 0 Å². The van der Waals surface area contributed by atoms with E-state index in [1.807, 2.05) is 36.2 Å². The zero-order valence-electron chi connectivity index (χ0n) is 20.7. The molecule has 0 aromatic heterocycles. The summed E-state index contributed by atoms with van der Waals surface area (Å²) in [6.45, 7) is 1.98. The van der Waals surface area contributed by atoms with Gasteiger partial charge in [0.25, 0.3) is 0 Å². The Morgan fingerprint density at radius 3 is 2.50 bits per heavy atom. The third-order valence-corrected chi connectivity index (χ3v) is 6.56. The molecule has 184 valence electrons. The Bertz CT molecular complexity index is 1020. The number of fused-ring (bicyclic) bond motifs is 3. The molecule has 8 heteroatoms. The van der Waals surface area contributed by atoms with Crippen LogP contribution in [-0.4, -0.2) is 64.7 Å². The lowest BCUT2D eigenvalue weighted by molar-refractivity contribution is -0.185. The molecule has 1 aromatic rings. The fraction of sp³-hybridized carbons (Fsp3) is 0.462. The molecule has 1 unspecified atom stereocenters. The van der Waals surface area contributed by atoms with Gasteiger partial charge in [0.05, 0.1) is 14.2 Å². The molecule has 0 radical (unpaired) electrons. The van der Waals surface area contributed by atoms with Crippen molar-refractivity contribution in [2.24, 2.45) is 0 Å². The SMILES string of the molecule is COC(=O)/C=C/N(C)CCC12CC(OC)(OC)C=CC1=CCc1ccc(OC)c(OC(C)=O)c12. The van der Waals surface area contributed by atoms with Crippen LogP contribution < -0.4 is 9.47 Å². The molecule has 0 spiro atoms. The number of hydrogen-bond donors (Lipinski definition) is 0. The fourth-order valence-corrected chi connectivity index (χ4v) is 4.80. The molecule has 2 aliphatic carbocycles. The number of carbonyl (C=O) groups excluding carboxylic acids is 2. The first-order valence-electron chi connectivity index (χ1n) is 11.1. The molecule has 1 aromatic carbocycles. The van der Waals surface area contributed by atoms with Crippen molar-refractivity contribution >= 4 is 11.9 Å². The Morgan fingerprint density at radius 1 is 1.15 bits per heavy atom. The van der Waals surface area contributed by atoms with Crippen molar-refractivity contribution in [3.05, 3.63) is 59.3 Å². The monoisotopic (exact) mass is 471 g/mol. The first-order chi connectivity index (χ1) is 16.2. The number of hydrogen-bond acceptors (Lipinski definition) is 8. The van der Waals surface area contributed by atoms with Gasteiger partial charge in [0.15, 0.2) is 17.3 Å². The summed E-state index contributed by atoms with van der Waals surface area (Å²) in [4.78, 5) is 25.6. The van der Waals surface area contributed by atoms with E-state index in [4.69, 9.17) is 23.7 Å². The number of ether oxygens (including phenoxy) is 5. The first-order valence-corrected chi connectivity index (χ1v) is 11.1. The third-order valence-electron chi connectivity index (χ3n) is 6.56. The summed E-state index contributed by atoms with van der Waals surface area (Å²) in [7, 11) is 8.02. The summed E-state index contributed by atoms with van der Waals surface area (Å²) in [5, 5.41) is 0. The molecule has 3 rings (SSSR count). The number of benzene rings is 1. The van der Waals surface area contributed by atoms with Crippen molar-refractivity contribution in [2.45, 2.75) is 37.4 Å². The van der Waals surface area contributed by atoms with E-state index in [1.165, 1.54) is 20.1 Å². The Kier molecular flexibility index (Phi) is 7.84. The van der Waals surface area contributed by atoms with Gasteiger partial charge in [0.1, 0.15) is 0 Å². The van der Waals surface area contributed by atoms with Crippen LogP contribution in [0.2, 0.25) is 0 Å². The van der Waals surface area contributed by atoms with Crippen molar-refractivity contribution in [3.8, 4) is 11.5 Å². The highest BCUT2D eigenvalue weighted by atomic mass is 16.7. The van der Waals surface area contributed by atoms with E-state index in [0.717, 1.165) is 16.7 Å². The van der Waals surface area contributed by atoms with Gasteiger partial charge in [-0.3, -0.25) is 4.79 Å². The molecule has 0 saturated heterocycles. The largest absolute Gasteiger partial charge is 0.493 e. The summed E-state index contributed by atoms with van der Waals surface area (Å²) < 4.78 is 27.7. The topological polar surface area (TPSA) is 83.5 Å². The average Bonchev–Trinajstić information content (AvgIpc) is 2.85. The van der Waals surface area contributed by atoms with E-state index in [0.29, 0.717) is 37.3 Å². The van der Waals surface area contributed by atoms with E-state index < -0.39 is 23.1 Å². The molecule has 0 bridgehead atoms. The van der Waals surface area contributed by atoms with Crippen molar-refractivity contribution < 1.29 is 33.3 Å². The average molecular weight is 472 g/mol. The second kappa shape index (κ2) is 10.4. The zero-order chi connectivity index (χ0) is 24.9. The minimum atomic E-state index is -0.955. The Balaban J connectivity index is 2.16. The van der Waals surface area contributed by atoms with Gasteiger partial charge in [-0.05, 0) is 36.1 Å². The van der Waals surface area contributed by atoms with Crippen LogP contribution in [0.1, 0.15) is 30.9 Å². The smallest absolute Gasteiger partial charge is 0.331 e. The lowest BCUT2D eigenvalue weighted by Crippen LogP contribution is -2.47. The van der Waals surface area contributed by atoms with Crippen LogP contribution in [-0.2, 0) is 35.6 Å². The molecule has 0 saturated carbocycles. The lowest BCUT2D eigenvalue weighted by Gasteiger charge is -2.48. The number of carbonyl (C=O) groups is 2. The van der Waals surface area contributed by atoms with Crippen molar-refractivity contribution in [3.63, 3.8) is 0 Å². The molecule has 0 heterocycles. The number of nitrogens with zero attached hydrogens (tertiary/aromatic N) is 1. The van der Waals surface area contributed by atoms with E-state index in [9.17, 15) is 9.59 Å². The second-order valence-corrected chi connectivity index (χ2v) is 8.47. The molecule has 0 N–H and O–H groups in total. The van der Waals surface area contributed by atoms with E-state index in [-0.39, 0.29) is 0 Å². The molecule has 2 aliphatic rings. The Hall–Kier alpha value is -3.10. The summed E-state index contributed by atoms with van der Waals surface area (Å²) in [6.07, 6.45) is 11.0.